The summed E-state index contributed by atoms with van der Waals surface area (Å²) in [5.74, 6) is 1.41. The summed E-state index contributed by atoms with van der Waals surface area (Å²) < 4.78 is 38.7. The van der Waals surface area contributed by atoms with E-state index in [-0.39, 0.29) is 0 Å². The summed E-state index contributed by atoms with van der Waals surface area (Å²) in [5.41, 5.74) is 2.36. The predicted octanol–water partition coefficient (Wildman–Crippen LogP) is 4.91. The van der Waals surface area contributed by atoms with Crippen LogP contribution in [0.1, 0.15) is 39.8 Å². The van der Waals surface area contributed by atoms with Gasteiger partial charge in [-0.15, -0.1) is 0 Å². The maximum absolute atomic E-state index is 12.8. The zero-order valence-corrected chi connectivity index (χ0v) is 24.6. The third-order valence-corrected chi connectivity index (χ3v) is 7.27. The maximum atomic E-state index is 12.8. The van der Waals surface area contributed by atoms with Crippen LogP contribution in [0.5, 0.6) is 5.88 Å². The lowest BCUT2D eigenvalue weighted by atomic mass is 9.88. The molecule has 0 aromatic carbocycles. The highest BCUT2D eigenvalue weighted by molar-refractivity contribution is 7.84. The lowest BCUT2D eigenvalue weighted by molar-refractivity contribution is -0.0403. The van der Waals surface area contributed by atoms with Crippen LogP contribution in [0.25, 0.3) is 6.08 Å². The van der Waals surface area contributed by atoms with E-state index < -0.39 is 21.3 Å². The highest BCUT2D eigenvalue weighted by atomic mass is 32.2. The summed E-state index contributed by atoms with van der Waals surface area (Å²) in [6.45, 7) is 13.9. The zero-order chi connectivity index (χ0) is 28.2. The van der Waals surface area contributed by atoms with Gasteiger partial charge in [0.05, 0.1) is 41.2 Å². The van der Waals surface area contributed by atoms with E-state index in [9.17, 15) is 4.21 Å². The molecule has 1 fully saturated rings. The summed E-state index contributed by atoms with van der Waals surface area (Å²) in [4.78, 5) is 0. The van der Waals surface area contributed by atoms with Gasteiger partial charge in [-0.05, 0) is 63.5 Å². The minimum Gasteiger partial charge on any atom is -0.439 e. The summed E-state index contributed by atoms with van der Waals surface area (Å²) in [6, 6.07) is 1.91. The molecule has 0 amide bonds. The van der Waals surface area contributed by atoms with Gasteiger partial charge in [-0.2, -0.15) is 5.10 Å². The van der Waals surface area contributed by atoms with Crippen molar-refractivity contribution in [3.8, 4) is 5.88 Å². The lowest BCUT2D eigenvalue weighted by Crippen LogP contribution is -2.63. The average Bonchev–Trinajstić information content (AvgIpc) is 3.09. The fourth-order valence-electron chi connectivity index (χ4n) is 3.54. The third-order valence-electron chi connectivity index (χ3n) is 5.58. The molecule has 9 heteroatoms. The van der Waals surface area contributed by atoms with Crippen LogP contribution < -0.4 is 9.46 Å². The number of allylic oxidation sites excluding steroid dienone is 6. The summed E-state index contributed by atoms with van der Waals surface area (Å²) >= 11 is 0. The minimum atomic E-state index is -1.24. The topological polar surface area (TPSA) is 83.8 Å². The van der Waals surface area contributed by atoms with Gasteiger partial charge in [-0.25, -0.2) is 13.6 Å². The number of aryl methyl sites for hydroxylation is 1. The van der Waals surface area contributed by atoms with Gasteiger partial charge in [0.25, 0.3) is 0 Å². The van der Waals surface area contributed by atoms with E-state index in [1.807, 2.05) is 74.9 Å². The van der Waals surface area contributed by atoms with Gasteiger partial charge in [0.1, 0.15) is 11.3 Å². The van der Waals surface area contributed by atoms with Gasteiger partial charge in [-0.3, -0.25) is 0 Å². The molecule has 2 heterocycles. The first-order valence-electron chi connectivity index (χ1n) is 12.6. The van der Waals surface area contributed by atoms with E-state index in [0.717, 1.165) is 23.4 Å². The van der Waals surface area contributed by atoms with E-state index in [2.05, 4.69) is 27.2 Å². The van der Waals surface area contributed by atoms with Crippen molar-refractivity contribution in [3.63, 3.8) is 0 Å². The molecule has 210 valence electrons. The van der Waals surface area contributed by atoms with Gasteiger partial charge in [0.15, 0.2) is 0 Å². The molecule has 8 nitrogen and oxygen atoms in total. The second-order valence-corrected chi connectivity index (χ2v) is 11.9. The van der Waals surface area contributed by atoms with Gasteiger partial charge in [-0.1, -0.05) is 37.0 Å². The van der Waals surface area contributed by atoms with Crippen LogP contribution in [0.3, 0.4) is 0 Å². The van der Waals surface area contributed by atoms with Crippen molar-refractivity contribution >= 4 is 17.1 Å². The Morgan fingerprint density at radius 1 is 1.29 bits per heavy atom. The molecular weight excluding hydrogens is 502 g/mol. The summed E-state index contributed by atoms with van der Waals surface area (Å²) in [6.07, 6.45) is 16.4. The number of aromatic nitrogens is 2. The van der Waals surface area contributed by atoms with Crippen LogP contribution in [0.15, 0.2) is 72.1 Å². The molecule has 3 rings (SSSR count). The first kappa shape index (κ1) is 31.7. The number of methoxy groups -OCH3 is 2. The van der Waals surface area contributed by atoms with Gasteiger partial charge < -0.3 is 18.9 Å². The fraction of sp³-hybridized carbons (Fsp3) is 0.483. The van der Waals surface area contributed by atoms with E-state index in [4.69, 9.17) is 14.2 Å². The Labute approximate surface area is 230 Å². The molecule has 1 aromatic rings. The van der Waals surface area contributed by atoms with E-state index in [1.54, 1.807) is 27.4 Å². The monoisotopic (exact) mass is 545 g/mol. The van der Waals surface area contributed by atoms with Crippen LogP contribution in [0.2, 0.25) is 0 Å². The molecule has 1 aromatic heterocycles. The van der Waals surface area contributed by atoms with Gasteiger partial charge in [0.2, 0.25) is 5.88 Å². The van der Waals surface area contributed by atoms with E-state index in [1.165, 1.54) is 5.57 Å². The highest BCUT2D eigenvalue weighted by Gasteiger charge is 2.44. The van der Waals surface area contributed by atoms with E-state index >= 15 is 0 Å². The lowest BCUT2D eigenvalue weighted by Gasteiger charge is -2.44. The maximum Gasteiger partial charge on any atom is 0.218 e. The number of rotatable bonds is 11. The molecular formula is C29H43N3O5S. The Bertz CT molecular complexity index is 1100. The molecule has 38 heavy (non-hydrogen) atoms. The normalized spacial score (nSPS) is 18.0. The fourth-order valence-corrected chi connectivity index (χ4v) is 4.43. The Morgan fingerprint density at radius 2 is 2.00 bits per heavy atom. The van der Waals surface area contributed by atoms with Crippen molar-refractivity contribution in [2.75, 3.05) is 41.2 Å². The van der Waals surface area contributed by atoms with E-state index in [0.29, 0.717) is 32.2 Å². The minimum absolute atomic E-state index is 0.390. The Hall–Kier alpha value is -2.56. The highest BCUT2D eigenvalue weighted by Crippen LogP contribution is 2.30. The second kappa shape index (κ2) is 15.1. The third kappa shape index (κ3) is 9.03. The van der Waals surface area contributed by atoms with Crippen molar-refractivity contribution in [3.05, 3.63) is 77.8 Å². The number of hydrogen-bond acceptors (Lipinski definition) is 6. The second-order valence-electron chi connectivity index (χ2n) is 9.92. The first-order chi connectivity index (χ1) is 18.1. The molecule has 0 radical (unpaired) electrons. The molecule has 1 saturated heterocycles. The number of nitrogens with zero attached hydrogens (tertiary/aromatic N) is 2. The van der Waals surface area contributed by atoms with Crippen molar-refractivity contribution in [2.45, 2.75) is 50.9 Å². The Kier molecular flexibility index (Phi) is 12.6. The van der Waals surface area contributed by atoms with Crippen molar-refractivity contribution in [1.29, 1.82) is 0 Å². The molecule has 0 saturated carbocycles. The molecule has 0 bridgehead atoms. The molecule has 2 aliphatic rings. The van der Waals surface area contributed by atoms with Gasteiger partial charge in [0, 0.05) is 33.9 Å². The molecule has 1 atom stereocenters. The first-order valence-corrected chi connectivity index (χ1v) is 13.8. The Balaban J connectivity index is 0.00000161. The van der Waals surface area contributed by atoms with Crippen LogP contribution >= 0.6 is 0 Å². The Morgan fingerprint density at radius 3 is 2.55 bits per heavy atom. The molecule has 1 aliphatic heterocycles. The zero-order valence-electron chi connectivity index (χ0n) is 23.8. The summed E-state index contributed by atoms with van der Waals surface area (Å²) in [5, 5.41) is 4.67. The van der Waals surface area contributed by atoms with Crippen molar-refractivity contribution < 1.29 is 23.2 Å². The van der Waals surface area contributed by atoms with Crippen molar-refractivity contribution in [2.24, 2.45) is 0 Å². The summed E-state index contributed by atoms with van der Waals surface area (Å²) in [7, 11) is 3.70. The number of nitrogens with one attached hydrogen (secondary N) is 1. The molecule has 1 N–H and O–H groups in total. The van der Waals surface area contributed by atoms with Crippen LogP contribution in [-0.4, -0.2) is 65.4 Å². The van der Waals surface area contributed by atoms with Gasteiger partial charge >= 0.3 is 0 Å². The smallest absolute Gasteiger partial charge is 0.218 e. The largest absolute Gasteiger partial charge is 0.439 e. The molecule has 0 spiro atoms. The van der Waals surface area contributed by atoms with Crippen LogP contribution in [0.4, 0.5) is 0 Å². The molecule has 1 unspecified atom stereocenters. The number of ether oxygens (including phenoxy) is 4. The standard InChI is InChI=1S/C27H37N3O4S.C2H6O/c1-7-10-22(27(19-33-20-27)29-35(31)26(3,4)5)14-15-23-17-25(30(8-2)28-23)34-24-12-9-11-21(13-16-24)18-32-6;1-3-2/h7,9-10,12-17,29H,1,8,11,18-20H2,2-6H3;1-2H3/b15-14+,22-10+;. The van der Waals surface area contributed by atoms with Crippen molar-refractivity contribution in [1.82, 2.24) is 14.5 Å². The predicted molar refractivity (Wildman–Crippen MR) is 155 cm³/mol. The quantitative estimate of drug-likeness (QED) is 0.398. The van der Waals surface area contributed by atoms with Crippen LogP contribution in [0, 0.1) is 0 Å². The number of hydrogen-bond donors (Lipinski definition) is 1. The van der Waals surface area contributed by atoms with Crippen LogP contribution in [-0.2, 0) is 31.7 Å². The SMILES string of the molecule is C=C/C=C(\C=C\c1cc(OC2=CC=C(COC)CC=C2)n(CC)n1)C1(NS(=O)C(C)(C)C)COC1.COC. The average molecular weight is 546 g/mol. The molecule has 1 aliphatic carbocycles.